The van der Waals surface area contributed by atoms with Crippen LogP contribution in [-0.2, 0) is 11.0 Å². The Labute approximate surface area is 141 Å². The van der Waals surface area contributed by atoms with E-state index in [9.17, 15) is 18.0 Å². The maximum atomic E-state index is 12.9. The Hall–Kier alpha value is -0.660. The van der Waals surface area contributed by atoms with Crippen LogP contribution in [0.15, 0.2) is 21.4 Å². The molecule has 8 heteroatoms. The van der Waals surface area contributed by atoms with Crippen molar-refractivity contribution in [3.63, 3.8) is 0 Å². The van der Waals surface area contributed by atoms with E-state index in [1.807, 2.05) is 20.8 Å². The van der Waals surface area contributed by atoms with Crippen molar-refractivity contribution >= 4 is 46.6 Å². The fourth-order valence-corrected chi connectivity index (χ4v) is 2.87. The smallest absolute Gasteiger partial charge is 0.287 e. The second kappa shape index (κ2) is 7.27. The number of carbonyl (C=O) groups is 1. The van der Waals surface area contributed by atoms with Gasteiger partial charge in [0, 0.05) is 28.3 Å². The minimum Gasteiger partial charge on any atom is -0.287 e. The van der Waals surface area contributed by atoms with Crippen LogP contribution in [0, 0.1) is 0 Å². The Balaban J connectivity index is 3.29. The molecule has 2 nitrogen and oxygen atoms in total. The van der Waals surface area contributed by atoms with E-state index < -0.39 is 11.7 Å². The topological polar surface area (TPSA) is 29.4 Å². The Morgan fingerprint density at radius 3 is 2.32 bits per heavy atom. The molecule has 0 unspecified atom stereocenters. The molecule has 1 aromatic carbocycles. The average Bonchev–Trinajstić information content (AvgIpc) is 2.29. The van der Waals surface area contributed by atoms with Gasteiger partial charge in [0.1, 0.15) is 0 Å². The standard InChI is InChI=1S/C14H15ClF3NOS2/c1-8(20)21-12-9(7-19-22-13(2,3)4)5-10(6-11(12)15)14(16,17)18/h5-7H,1-4H3. The van der Waals surface area contributed by atoms with Crippen LogP contribution in [0.25, 0.3) is 0 Å². The molecule has 1 aromatic rings. The third-order valence-corrected chi connectivity index (χ3v) is 4.28. The van der Waals surface area contributed by atoms with Crippen LogP contribution in [0.1, 0.15) is 38.8 Å². The van der Waals surface area contributed by atoms with Gasteiger partial charge in [0.05, 0.1) is 10.6 Å². The van der Waals surface area contributed by atoms with Crippen molar-refractivity contribution in [3.05, 3.63) is 28.3 Å². The molecule has 0 atom stereocenters. The molecular weight excluding hydrogens is 355 g/mol. The molecule has 122 valence electrons. The second-order valence-corrected chi connectivity index (χ2v) is 8.62. The number of alkyl halides is 3. The summed E-state index contributed by atoms with van der Waals surface area (Å²) in [4.78, 5) is 11.5. The van der Waals surface area contributed by atoms with Gasteiger partial charge in [0.25, 0.3) is 0 Å². The number of hydrogen-bond donors (Lipinski definition) is 0. The molecule has 0 aromatic heterocycles. The lowest BCUT2D eigenvalue weighted by molar-refractivity contribution is -0.137. The molecule has 0 bridgehead atoms. The van der Waals surface area contributed by atoms with Gasteiger partial charge in [-0.1, -0.05) is 11.6 Å². The van der Waals surface area contributed by atoms with Gasteiger partial charge >= 0.3 is 6.18 Å². The molecule has 0 spiro atoms. The lowest BCUT2D eigenvalue weighted by atomic mass is 10.1. The Bertz CT molecular complexity index is 595. The zero-order chi connectivity index (χ0) is 17.1. The molecule has 0 aliphatic rings. The first kappa shape index (κ1) is 19.4. The predicted molar refractivity (Wildman–Crippen MR) is 87.9 cm³/mol. The van der Waals surface area contributed by atoms with E-state index in [1.54, 1.807) is 0 Å². The summed E-state index contributed by atoms with van der Waals surface area (Å²) in [5.74, 6) is 0. The highest BCUT2D eigenvalue weighted by atomic mass is 35.5. The number of nitrogens with zero attached hydrogens (tertiary/aromatic N) is 1. The van der Waals surface area contributed by atoms with Crippen LogP contribution in [0.3, 0.4) is 0 Å². The summed E-state index contributed by atoms with van der Waals surface area (Å²) in [6.07, 6.45) is -3.20. The van der Waals surface area contributed by atoms with E-state index in [0.717, 1.165) is 23.9 Å². The highest BCUT2D eigenvalue weighted by molar-refractivity contribution is 8.13. The van der Waals surface area contributed by atoms with Crippen LogP contribution in [0.5, 0.6) is 0 Å². The molecule has 0 saturated heterocycles. The van der Waals surface area contributed by atoms with Crippen LogP contribution in [0.4, 0.5) is 13.2 Å². The van der Waals surface area contributed by atoms with E-state index >= 15 is 0 Å². The van der Waals surface area contributed by atoms with Gasteiger partial charge in [-0.15, -0.1) is 0 Å². The largest absolute Gasteiger partial charge is 0.416 e. The molecule has 0 aliphatic carbocycles. The summed E-state index contributed by atoms with van der Waals surface area (Å²) in [5.41, 5.74) is -0.690. The molecule has 0 amide bonds. The predicted octanol–water partition coefficient (Wildman–Crippen LogP) is 5.86. The van der Waals surface area contributed by atoms with Crippen LogP contribution >= 0.6 is 35.3 Å². The highest BCUT2D eigenvalue weighted by Gasteiger charge is 2.32. The zero-order valence-electron chi connectivity index (χ0n) is 12.4. The van der Waals surface area contributed by atoms with Crippen molar-refractivity contribution in [3.8, 4) is 0 Å². The van der Waals surface area contributed by atoms with Crippen LogP contribution in [-0.4, -0.2) is 16.1 Å². The maximum Gasteiger partial charge on any atom is 0.416 e. The number of carbonyl (C=O) groups excluding carboxylic acids is 1. The van der Waals surface area contributed by atoms with E-state index in [4.69, 9.17) is 11.6 Å². The fourth-order valence-electron chi connectivity index (χ4n) is 1.37. The number of thioether (sulfide) groups is 1. The van der Waals surface area contributed by atoms with Gasteiger partial charge in [-0.05, 0) is 56.6 Å². The van der Waals surface area contributed by atoms with E-state index in [2.05, 4.69) is 4.40 Å². The molecule has 0 aliphatic heterocycles. The van der Waals surface area contributed by atoms with Crippen molar-refractivity contribution in [2.24, 2.45) is 4.40 Å². The SMILES string of the molecule is CC(=O)Sc1c(Cl)cc(C(F)(F)F)cc1C=NSC(C)(C)C. The number of halogens is 4. The summed E-state index contributed by atoms with van der Waals surface area (Å²) in [6, 6.07) is 1.77. The molecule has 0 heterocycles. The average molecular weight is 370 g/mol. The van der Waals surface area contributed by atoms with E-state index in [0.29, 0.717) is 0 Å². The lowest BCUT2D eigenvalue weighted by Gasteiger charge is -2.14. The van der Waals surface area contributed by atoms with Gasteiger partial charge < -0.3 is 0 Å². The van der Waals surface area contributed by atoms with Crippen molar-refractivity contribution in [1.29, 1.82) is 0 Å². The summed E-state index contributed by atoms with van der Waals surface area (Å²) < 4.78 is 42.5. The van der Waals surface area contributed by atoms with Crippen molar-refractivity contribution in [2.75, 3.05) is 0 Å². The summed E-state index contributed by atoms with van der Waals surface area (Å²) in [5, 5.41) is -0.378. The third kappa shape index (κ3) is 6.22. The molecule has 0 N–H and O–H groups in total. The molecule has 0 fully saturated rings. The summed E-state index contributed by atoms with van der Waals surface area (Å²) in [6.45, 7) is 7.11. The van der Waals surface area contributed by atoms with Gasteiger partial charge in [-0.3, -0.25) is 4.79 Å². The van der Waals surface area contributed by atoms with Crippen LogP contribution < -0.4 is 0 Å². The quantitative estimate of drug-likeness (QED) is 0.379. The molecular formula is C14H15ClF3NOS2. The van der Waals surface area contributed by atoms with E-state index in [1.165, 1.54) is 25.1 Å². The number of benzene rings is 1. The summed E-state index contributed by atoms with van der Waals surface area (Å²) in [7, 11) is 0. The first-order valence-corrected chi connectivity index (χ1v) is 8.17. The second-order valence-electron chi connectivity index (χ2n) is 5.41. The lowest BCUT2D eigenvalue weighted by Crippen LogP contribution is -2.07. The normalized spacial score (nSPS) is 12.9. The van der Waals surface area contributed by atoms with Gasteiger partial charge in [-0.25, -0.2) is 4.40 Å². The van der Waals surface area contributed by atoms with E-state index in [-0.39, 0.29) is 25.3 Å². The monoisotopic (exact) mass is 369 g/mol. The first-order chi connectivity index (χ1) is 9.90. The molecule has 0 saturated carbocycles. The van der Waals surface area contributed by atoms with Crippen molar-refractivity contribution < 1.29 is 18.0 Å². The van der Waals surface area contributed by atoms with Gasteiger partial charge in [-0.2, -0.15) is 13.2 Å². The molecule has 0 radical (unpaired) electrons. The maximum absolute atomic E-state index is 12.9. The fraction of sp³-hybridized carbons (Fsp3) is 0.429. The minimum absolute atomic E-state index is 0.114. The first-order valence-electron chi connectivity index (χ1n) is 6.21. The van der Waals surface area contributed by atoms with Gasteiger partial charge in [0.2, 0.25) is 0 Å². The zero-order valence-corrected chi connectivity index (χ0v) is 14.8. The Kier molecular flexibility index (Phi) is 6.41. The Morgan fingerprint density at radius 2 is 1.86 bits per heavy atom. The van der Waals surface area contributed by atoms with Gasteiger partial charge in [0.15, 0.2) is 5.12 Å². The third-order valence-electron chi connectivity index (χ3n) is 2.16. The number of rotatable bonds is 3. The highest BCUT2D eigenvalue weighted by Crippen LogP contribution is 2.38. The Morgan fingerprint density at radius 1 is 1.27 bits per heavy atom. The van der Waals surface area contributed by atoms with Crippen molar-refractivity contribution in [2.45, 2.75) is 43.5 Å². The minimum atomic E-state index is -4.51. The summed E-state index contributed by atoms with van der Waals surface area (Å²) >= 11 is 7.93. The molecule has 1 rings (SSSR count). The van der Waals surface area contributed by atoms with Crippen molar-refractivity contribution in [1.82, 2.24) is 0 Å². The molecule has 22 heavy (non-hydrogen) atoms. The van der Waals surface area contributed by atoms with Crippen LogP contribution in [0.2, 0.25) is 5.02 Å². The number of hydrogen-bond acceptors (Lipinski definition) is 4.